The Morgan fingerprint density at radius 1 is 1.11 bits per heavy atom. The van der Waals surface area contributed by atoms with E-state index >= 15 is 0 Å². The van der Waals surface area contributed by atoms with Gasteiger partial charge < -0.3 is 9.84 Å². The molecule has 37 heavy (non-hydrogen) atoms. The predicted octanol–water partition coefficient (Wildman–Crippen LogP) is 3.91. The first kappa shape index (κ1) is 26.5. The van der Waals surface area contributed by atoms with Gasteiger partial charge in [0.2, 0.25) is 11.8 Å². The maximum absolute atomic E-state index is 13.8. The maximum atomic E-state index is 13.8. The van der Waals surface area contributed by atoms with Crippen LogP contribution in [-0.2, 0) is 19.2 Å². The average molecular weight is 614 g/mol. The number of carbonyl (C=O) groups is 4. The monoisotopic (exact) mass is 612 g/mol. The molecule has 0 aromatic heterocycles. The van der Waals surface area contributed by atoms with Crippen molar-refractivity contribution in [2.75, 3.05) is 12.6 Å². The van der Waals surface area contributed by atoms with Gasteiger partial charge in [-0.1, -0.05) is 33.6 Å². The zero-order valence-corrected chi connectivity index (χ0v) is 23.9. The lowest BCUT2D eigenvalue weighted by Gasteiger charge is -2.50. The van der Waals surface area contributed by atoms with Crippen molar-refractivity contribution >= 4 is 62.8 Å². The molecule has 2 saturated heterocycles. The molecule has 4 amide bonds. The van der Waals surface area contributed by atoms with Crippen LogP contribution in [0.3, 0.4) is 0 Å². The second kappa shape index (κ2) is 8.45. The predicted molar refractivity (Wildman–Crippen MR) is 140 cm³/mol. The Morgan fingerprint density at radius 3 is 2.38 bits per heavy atom. The number of phenols is 1. The van der Waals surface area contributed by atoms with E-state index < -0.39 is 50.8 Å². The molecule has 2 aliphatic heterocycles. The molecule has 6 unspecified atom stereocenters. The summed E-state index contributed by atoms with van der Waals surface area (Å²) >= 11 is 17.6. The molecule has 0 radical (unpaired) electrons. The fourth-order valence-electron chi connectivity index (χ4n) is 6.66. The largest absolute Gasteiger partial charge is 0.504 e. The van der Waals surface area contributed by atoms with Crippen LogP contribution in [0.15, 0.2) is 29.8 Å². The molecule has 5 rings (SSSR count). The number of amides is 4. The first-order chi connectivity index (χ1) is 17.2. The molecule has 198 valence electrons. The van der Waals surface area contributed by atoms with Crippen molar-refractivity contribution < 1.29 is 29.0 Å². The van der Waals surface area contributed by atoms with E-state index in [2.05, 4.69) is 15.9 Å². The number of fused-ring (bicyclic) bond motifs is 4. The van der Waals surface area contributed by atoms with Gasteiger partial charge in [0.25, 0.3) is 11.8 Å². The molecule has 1 aromatic carbocycles. The second-order valence-corrected chi connectivity index (χ2v) is 12.8. The first-order valence-corrected chi connectivity index (χ1v) is 13.9. The highest BCUT2D eigenvalue weighted by Crippen LogP contribution is 2.65. The standard InChI is InChI=1S/C26H27BrCl2N2O6/c1-24(2,3)31-20(33)14-7-6-13-15(18(14)21(31)34)10-25(28)22(35)30(11-27)23(36)26(25,29)19(13)12-5-8-16(32)17(9-12)37-4/h5-6,8-9,14-15,18-19,32H,7,10-11H2,1-4H3. The number of alkyl halides is 3. The quantitative estimate of drug-likeness (QED) is 0.240. The number of ether oxygens (including phenoxy) is 1. The maximum Gasteiger partial charge on any atom is 0.254 e. The van der Waals surface area contributed by atoms with Gasteiger partial charge >= 0.3 is 0 Å². The fourth-order valence-corrected chi connectivity index (χ4v) is 8.09. The molecule has 1 N–H and O–H groups in total. The third-order valence-corrected chi connectivity index (χ3v) is 10.1. The Morgan fingerprint density at radius 2 is 1.78 bits per heavy atom. The van der Waals surface area contributed by atoms with Crippen molar-refractivity contribution in [1.29, 1.82) is 0 Å². The number of halogens is 3. The third-order valence-electron chi connectivity index (χ3n) is 8.22. The van der Waals surface area contributed by atoms with Gasteiger partial charge in [-0.15, -0.1) is 23.2 Å². The van der Waals surface area contributed by atoms with Crippen LogP contribution in [0, 0.1) is 17.8 Å². The van der Waals surface area contributed by atoms with E-state index in [9.17, 15) is 24.3 Å². The summed E-state index contributed by atoms with van der Waals surface area (Å²) < 4.78 is 5.30. The Balaban J connectivity index is 1.73. The van der Waals surface area contributed by atoms with E-state index in [0.717, 1.165) is 4.90 Å². The lowest BCUT2D eigenvalue weighted by molar-refractivity contribution is -0.146. The van der Waals surface area contributed by atoms with Crippen LogP contribution in [0.1, 0.15) is 45.1 Å². The molecule has 1 saturated carbocycles. The summed E-state index contributed by atoms with van der Waals surface area (Å²) in [4.78, 5) is 53.0. The third kappa shape index (κ3) is 3.32. The lowest BCUT2D eigenvalue weighted by atomic mass is 9.56. The summed E-state index contributed by atoms with van der Waals surface area (Å²) in [6.07, 6.45) is 2.11. The van der Waals surface area contributed by atoms with E-state index in [0.29, 0.717) is 17.6 Å². The van der Waals surface area contributed by atoms with Crippen molar-refractivity contribution in [3.63, 3.8) is 0 Å². The normalized spacial score (nSPS) is 35.4. The highest BCUT2D eigenvalue weighted by molar-refractivity contribution is 9.09. The molecule has 2 aliphatic carbocycles. The minimum atomic E-state index is -1.90. The van der Waals surface area contributed by atoms with Crippen molar-refractivity contribution in [3.8, 4) is 11.5 Å². The number of aromatic hydroxyl groups is 1. The number of benzene rings is 1. The van der Waals surface area contributed by atoms with Crippen LogP contribution >= 0.6 is 39.1 Å². The summed E-state index contributed by atoms with van der Waals surface area (Å²) in [6, 6.07) is 4.60. The van der Waals surface area contributed by atoms with Crippen LogP contribution in [0.4, 0.5) is 0 Å². The smallest absolute Gasteiger partial charge is 0.254 e. The SMILES string of the molecule is COc1cc(C2C3=CCC4C(=O)N(C(C)(C)C)C(=O)C4C3CC3(Cl)C(=O)N(CBr)C(=O)C23Cl)ccc1O. The highest BCUT2D eigenvalue weighted by atomic mass is 79.9. The summed E-state index contributed by atoms with van der Waals surface area (Å²) in [5.74, 6) is -4.61. The van der Waals surface area contributed by atoms with Gasteiger partial charge in [-0.3, -0.25) is 29.0 Å². The molecule has 6 atom stereocenters. The van der Waals surface area contributed by atoms with Crippen molar-refractivity contribution in [3.05, 3.63) is 35.4 Å². The van der Waals surface area contributed by atoms with E-state index in [-0.39, 0.29) is 35.2 Å². The molecule has 0 bridgehead atoms. The minimum Gasteiger partial charge on any atom is -0.504 e. The first-order valence-electron chi connectivity index (χ1n) is 12.0. The van der Waals surface area contributed by atoms with Crippen LogP contribution in [0.5, 0.6) is 11.5 Å². The van der Waals surface area contributed by atoms with E-state index in [4.69, 9.17) is 27.9 Å². The summed E-state index contributed by atoms with van der Waals surface area (Å²) in [5.41, 5.74) is 0.385. The topological polar surface area (TPSA) is 104 Å². The average Bonchev–Trinajstić information content (AvgIpc) is 3.17. The van der Waals surface area contributed by atoms with Crippen molar-refractivity contribution in [2.24, 2.45) is 17.8 Å². The lowest BCUT2D eigenvalue weighted by Crippen LogP contribution is -2.60. The molecule has 4 aliphatic rings. The molecule has 3 fully saturated rings. The molecular formula is C26H27BrCl2N2O6. The van der Waals surface area contributed by atoms with Crippen molar-refractivity contribution in [2.45, 2.75) is 54.8 Å². The fraction of sp³-hybridized carbons (Fsp3) is 0.538. The van der Waals surface area contributed by atoms with Gasteiger partial charge in [0.05, 0.1) is 24.4 Å². The summed E-state index contributed by atoms with van der Waals surface area (Å²) in [7, 11) is 1.40. The van der Waals surface area contributed by atoms with Crippen LogP contribution in [0.2, 0.25) is 0 Å². The van der Waals surface area contributed by atoms with E-state index in [1.54, 1.807) is 32.9 Å². The van der Waals surface area contributed by atoms with Crippen LogP contribution in [0.25, 0.3) is 0 Å². The number of imide groups is 2. The molecule has 1 aromatic rings. The second-order valence-electron chi connectivity index (χ2n) is 11.1. The Hall–Kier alpha value is -2.10. The Bertz CT molecular complexity index is 1280. The summed E-state index contributed by atoms with van der Waals surface area (Å²) in [5, 5.41) is 10.2. The van der Waals surface area contributed by atoms with Crippen LogP contribution < -0.4 is 4.74 Å². The van der Waals surface area contributed by atoms with E-state index in [1.165, 1.54) is 18.1 Å². The Kier molecular flexibility index (Phi) is 6.05. The summed E-state index contributed by atoms with van der Waals surface area (Å²) in [6.45, 7) is 5.42. The Labute approximate surface area is 233 Å². The van der Waals surface area contributed by atoms with Gasteiger partial charge in [0.1, 0.15) is 0 Å². The molecule has 2 heterocycles. The van der Waals surface area contributed by atoms with Gasteiger partial charge in [-0.2, -0.15) is 0 Å². The highest BCUT2D eigenvalue weighted by Gasteiger charge is 2.76. The zero-order valence-electron chi connectivity index (χ0n) is 20.8. The number of hydrogen-bond donors (Lipinski definition) is 1. The van der Waals surface area contributed by atoms with E-state index in [1.807, 2.05) is 6.08 Å². The van der Waals surface area contributed by atoms with Crippen molar-refractivity contribution in [1.82, 2.24) is 9.80 Å². The number of allylic oxidation sites excluding steroid dienone is 2. The van der Waals surface area contributed by atoms with Gasteiger partial charge in [0, 0.05) is 11.5 Å². The van der Waals surface area contributed by atoms with Gasteiger partial charge in [-0.25, -0.2) is 0 Å². The number of rotatable bonds is 3. The molecule has 11 heteroatoms. The molecular weight excluding hydrogens is 587 g/mol. The zero-order chi connectivity index (χ0) is 27.2. The number of phenolic OH excluding ortho intramolecular Hbond substituents is 1. The number of likely N-dealkylation sites (tertiary alicyclic amines) is 2. The number of methoxy groups -OCH3 is 1. The number of carbonyl (C=O) groups excluding carboxylic acids is 4. The number of nitrogens with zero attached hydrogens (tertiary/aromatic N) is 2. The van der Waals surface area contributed by atoms with Gasteiger partial charge in [0.15, 0.2) is 21.2 Å². The van der Waals surface area contributed by atoms with Gasteiger partial charge in [-0.05, 0) is 57.2 Å². The molecule has 8 nitrogen and oxygen atoms in total. The minimum absolute atomic E-state index is 0.0676. The number of hydrogen-bond acceptors (Lipinski definition) is 6. The van der Waals surface area contributed by atoms with Crippen LogP contribution in [-0.4, -0.2) is 66.4 Å². The molecule has 0 spiro atoms.